The van der Waals surface area contributed by atoms with Crippen LogP contribution in [0.2, 0.25) is 0 Å². The highest BCUT2D eigenvalue weighted by molar-refractivity contribution is 7.14. The summed E-state index contributed by atoms with van der Waals surface area (Å²) < 4.78 is 0.600. The maximum Gasteiger partial charge on any atom is 0.410 e. The lowest BCUT2D eigenvalue weighted by Gasteiger charge is -2.06. The molecule has 1 atom stereocenters. The Bertz CT molecular complexity index is 136. The van der Waals surface area contributed by atoms with Crippen LogP contribution in [0.25, 0.3) is 0 Å². The van der Waals surface area contributed by atoms with Gasteiger partial charge in [0, 0.05) is 0 Å². The van der Waals surface area contributed by atoms with Gasteiger partial charge in [-0.3, -0.25) is 9.46 Å². The Morgan fingerprint density at radius 2 is 1.89 bits per heavy atom. The second-order valence-electron chi connectivity index (χ2n) is 1.30. The molecule has 1 amide bonds. The van der Waals surface area contributed by atoms with Gasteiger partial charge >= 0.3 is 12.1 Å². The van der Waals surface area contributed by atoms with Crippen LogP contribution in [0.3, 0.4) is 0 Å². The molecule has 0 aliphatic rings. The third-order valence-electron chi connectivity index (χ3n) is 0.551. The standard InChI is InChI=1S/C3H6NO4P/c5-2(6)1-4(9)3(7)8/h1,9H2,(H,5,6)(H,7,8). The van der Waals surface area contributed by atoms with Crippen molar-refractivity contribution in [3.8, 4) is 0 Å². The van der Waals surface area contributed by atoms with E-state index in [0.717, 1.165) is 0 Å². The SMILES string of the molecule is O=C(O)CN(P)C(=O)O. The Hall–Kier alpha value is -0.830. The second kappa shape index (κ2) is 3.25. The van der Waals surface area contributed by atoms with Crippen LogP contribution in [0.5, 0.6) is 0 Å². The van der Waals surface area contributed by atoms with E-state index in [0.29, 0.717) is 4.67 Å². The van der Waals surface area contributed by atoms with Crippen molar-refractivity contribution in [2.45, 2.75) is 0 Å². The molecule has 0 aliphatic heterocycles. The lowest BCUT2D eigenvalue weighted by atomic mass is 10.7. The molecular formula is C3H6NO4P. The average molecular weight is 151 g/mol. The van der Waals surface area contributed by atoms with Crippen LogP contribution >= 0.6 is 9.39 Å². The molecule has 0 aromatic carbocycles. The van der Waals surface area contributed by atoms with Gasteiger partial charge in [-0.05, 0) is 9.39 Å². The van der Waals surface area contributed by atoms with E-state index < -0.39 is 18.6 Å². The summed E-state index contributed by atoms with van der Waals surface area (Å²) in [7, 11) is 1.77. The zero-order chi connectivity index (χ0) is 7.44. The van der Waals surface area contributed by atoms with Crippen LogP contribution in [0.4, 0.5) is 4.79 Å². The largest absolute Gasteiger partial charge is 0.480 e. The molecule has 0 fully saturated rings. The zero-order valence-electron chi connectivity index (χ0n) is 4.44. The molecule has 0 aliphatic carbocycles. The van der Waals surface area contributed by atoms with Gasteiger partial charge in [0.1, 0.15) is 6.54 Å². The number of hydrogen-bond acceptors (Lipinski definition) is 2. The third kappa shape index (κ3) is 3.73. The molecule has 2 N–H and O–H groups in total. The molecule has 0 radical (unpaired) electrons. The first-order valence-corrected chi connectivity index (χ1v) is 2.52. The van der Waals surface area contributed by atoms with E-state index in [-0.39, 0.29) is 0 Å². The number of rotatable bonds is 2. The molecule has 0 spiro atoms. The van der Waals surface area contributed by atoms with Crippen LogP contribution in [0.1, 0.15) is 0 Å². The maximum atomic E-state index is 9.88. The minimum Gasteiger partial charge on any atom is -0.480 e. The molecule has 5 nitrogen and oxygen atoms in total. The number of carbonyl (C=O) groups is 2. The fraction of sp³-hybridized carbons (Fsp3) is 0.333. The van der Waals surface area contributed by atoms with Gasteiger partial charge in [0.15, 0.2) is 0 Å². The van der Waals surface area contributed by atoms with Crippen molar-refractivity contribution in [3.05, 3.63) is 0 Å². The van der Waals surface area contributed by atoms with Gasteiger partial charge in [-0.15, -0.1) is 0 Å². The van der Waals surface area contributed by atoms with Crippen molar-refractivity contribution in [2.24, 2.45) is 0 Å². The predicted molar refractivity (Wildman–Crippen MR) is 32.1 cm³/mol. The topological polar surface area (TPSA) is 77.8 Å². The maximum absolute atomic E-state index is 9.88. The number of carboxylic acid groups (broad SMARTS) is 2. The van der Waals surface area contributed by atoms with Crippen LogP contribution in [0.15, 0.2) is 0 Å². The van der Waals surface area contributed by atoms with Gasteiger partial charge in [-0.1, -0.05) is 0 Å². The molecule has 9 heavy (non-hydrogen) atoms. The van der Waals surface area contributed by atoms with Crippen LogP contribution < -0.4 is 0 Å². The highest BCUT2D eigenvalue weighted by atomic mass is 31.0. The van der Waals surface area contributed by atoms with Gasteiger partial charge in [0.05, 0.1) is 0 Å². The average Bonchev–Trinajstić information content (AvgIpc) is 1.63. The summed E-state index contributed by atoms with van der Waals surface area (Å²) in [4.78, 5) is 19.7. The summed E-state index contributed by atoms with van der Waals surface area (Å²) in [5, 5.41) is 16.1. The Labute approximate surface area is 53.5 Å². The molecule has 0 heterocycles. The minimum absolute atomic E-state index is 0.514. The lowest BCUT2D eigenvalue weighted by Crippen LogP contribution is -2.24. The third-order valence-corrected chi connectivity index (χ3v) is 0.955. The van der Waals surface area contributed by atoms with Crippen LogP contribution in [-0.4, -0.2) is 33.5 Å². The number of hydrogen-bond donors (Lipinski definition) is 2. The number of carboxylic acids is 1. The van der Waals surface area contributed by atoms with E-state index in [1.54, 1.807) is 9.39 Å². The fourth-order valence-corrected chi connectivity index (χ4v) is 0.370. The summed E-state index contributed by atoms with van der Waals surface area (Å²) in [5.41, 5.74) is 0. The molecule has 0 rings (SSSR count). The van der Waals surface area contributed by atoms with E-state index in [1.807, 2.05) is 0 Å². The monoisotopic (exact) mass is 151 g/mol. The van der Waals surface area contributed by atoms with E-state index in [9.17, 15) is 9.59 Å². The fourth-order valence-electron chi connectivity index (χ4n) is 0.213. The predicted octanol–water partition coefficient (Wildman–Crippen LogP) is -0.159. The van der Waals surface area contributed by atoms with Crippen molar-refractivity contribution in [1.29, 1.82) is 0 Å². The number of amides is 1. The van der Waals surface area contributed by atoms with Crippen molar-refractivity contribution in [1.82, 2.24) is 4.67 Å². The molecule has 0 saturated carbocycles. The van der Waals surface area contributed by atoms with Gasteiger partial charge in [0.2, 0.25) is 0 Å². The van der Waals surface area contributed by atoms with Gasteiger partial charge < -0.3 is 10.2 Å². The van der Waals surface area contributed by atoms with Crippen molar-refractivity contribution >= 4 is 21.5 Å². The minimum atomic E-state index is -1.28. The molecule has 52 valence electrons. The molecular weight excluding hydrogens is 145 g/mol. The van der Waals surface area contributed by atoms with Crippen molar-refractivity contribution in [3.63, 3.8) is 0 Å². The summed E-state index contributed by atoms with van der Waals surface area (Å²) in [6, 6.07) is 0. The summed E-state index contributed by atoms with van der Waals surface area (Å²) in [6.07, 6.45) is -1.28. The summed E-state index contributed by atoms with van der Waals surface area (Å²) in [6.45, 7) is -0.514. The molecule has 0 aromatic rings. The molecule has 6 heteroatoms. The van der Waals surface area contributed by atoms with Gasteiger partial charge in [-0.25, -0.2) is 4.79 Å². The second-order valence-corrected chi connectivity index (χ2v) is 1.93. The first-order valence-electron chi connectivity index (χ1n) is 2.01. The summed E-state index contributed by atoms with van der Waals surface area (Å²) in [5.74, 6) is -1.17. The highest BCUT2D eigenvalue weighted by Crippen LogP contribution is 1.96. The quantitative estimate of drug-likeness (QED) is 0.537. The Morgan fingerprint density at radius 3 is 2.00 bits per heavy atom. The van der Waals surface area contributed by atoms with E-state index in [1.165, 1.54) is 0 Å². The lowest BCUT2D eigenvalue weighted by molar-refractivity contribution is -0.136. The summed E-state index contributed by atoms with van der Waals surface area (Å²) >= 11 is 0. The first-order chi connectivity index (χ1) is 4.04. The van der Waals surface area contributed by atoms with E-state index >= 15 is 0 Å². The number of aliphatic carboxylic acids is 1. The van der Waals surface area contributed by atoms with E-state index in [2.05, 4.69) is 0 Å². The zero-order valence-corrected chi connectivity index (χ0v) is 5.60. The molecule has 0 saturated heterocycles. The Kier molecular flexibility index (Phi) is 2.95. The first kappa shape index (κ1) is 8.17. The molecule has 0 aromatic heterocycles. The highest BCUT2D eigenvalue weighted by Gasteiger charge is 2.08. The van der Waals surface area contributed by atoms with Crippen LogP contribution in [0, 0.1) is 0 Å². The number of nitrogens with zero attached hydrogens (tertiary/aromatic N) is 1. The molecule has 1 unspecified atom stereocenters. The van der Waals surface area contributed by atoms with Crippen molar-refractivity contribution < 1.29 is 19.8 Å². The normalized spacial score (nSPS) is 8.56. The Balaban J connectivity index is 3.63. The van der Waals surface area contributed by atoms with Gasteiger partial charge in [-0.2, -0.15) is 0 Å². The molecule has 0 bridgehead atoms. The van der Waals surface area contributed by atoms with Crippen LogP contribution in [-0.2, 0) is 4.79 Å². The van der Waals surface area contributed by atoms with E-state index in [4.69, 9.17) is 10.2 Å². The van der Waals surface area contributed by atoms with Gasteiger partial charge in [0.25, 0.3) is 0 Å². The van der Waals surface area contributed by atoms with Crippen molar-refractivity contribution in [2.75, 3.05) is 6.54 Å². The smallest absolute Gasteiger partial charge is 0.410 e. The Morgan fingerprint density at radius 1 is 1.44 bits per heavy atom.